The van der Waals surface area contributed by atoms with Gasteiger partial charge in [0, 0.05) is 13.1 Å². The van der Waals surface area contributed by atoms with Crippen LogP contribution in [-0.4, -0.2) is 67.8 Å². The summed E-state index contributed by atoms with van der Waals surface area (Å²) in [6.07, 6.45) is 4.34. The number of piperidine rings is 1. The molecule has 11 heteroatoms. The van der Waals surface area contributed by atoms with Gasteiger partial charge in [-0.15, -0.1) is 0 Å². The Morgan fingerprint density at radius 1 is 1.22 bits per heavy atom. The number of hydrogen-bond acceptors (Lipinski definition) is 6. The molecular weight excluding hydrogens is 436 g/mol. The number of amides is 4. The third kappa shape index (κ3) is 4.06. The summed E-state index contributed by atoms with van der Waals surface area (Å²) in [5.41, 5.74) is -0.815. The Balaban J connectivity index is 1.51. The number of benzene rings is 1. The van der Waals surface area contributed by atoms with Gasteiger partial charge in [-0.25, -0.2) is 13.2 Å². The fourth-order valence-electron chi connectivity index (χ4n) is 4.33. The van der Waals surface area contributed by atoms with E-state index >= 15 is 0 Å². The number of imide groups is 1. The number of nitrogens with one attached hydrogen (secondary N) is 2. The maximum absolute atomic E-state index is 13.0. The molecule has 174 valence electrons. The molecule has 10 nitrogen and oxygen atoms in total. The van der Waals surface area contributed by atoms with Gasteiger partial charge >= 0.3 is 6.03 Å². The molecule has 3 fully saturated rings. The van der Waals surface area contributed by atoms with Crippen molar-refractivity contribution in [1.29, 1.82) is 0 Å². The number of sulfonamides is 1. The Morgan fingerprint density at radius 3 is 2.53 bits per heavy atom. The first kappa shape index (κ1) is 22.5. The smallest absolute Gasteiger partial charge is 0.325 e. The first-order chi connectivity index (χ1) is 15.2. The van der Waals surface area contributed by atoms with E-state index in [-0.39, 0.29) is 22.3 Å². The quantitative estimate of drug-likeness (QED) is 0.590. The fraction of sp³-hybridized carbons (Fsp3) is 0.571. The highest BCUT2D eigenvalue weighted by Crippen LogP contribution is 2.42. The van der Waals surface area contributed by atoms with Gasteiger partial charge in [0.15, 0.2) is 0 Å². The number of carbonyl (C=O) groups is 3. The molecule has 3 aliphatic rings. The minimum Gasteiger partial charge on any atom is -0.495 e. The van der Waals surface area contributed by atoms with Crippen LogP contribution < -0.4 is 15.4 Å². The Morgan fingerprint density at radius 2 is 1.91 bits per heavy atom. The fourth-order valence-corrected chi connectivity index (χ4v) is 5.87. The number of hydrogen-bond donors (Lipinski definition) is 2. The molecule has 0 unspecified atom stereocenters. The summed E-state index contributed by atoms with van der Waals surface area (Å²) in [6.45, 7) is 2.13. The molecule has 0 aromatic heterocycles. The van der Waals surface area contributed by atoms with Gasteiger partial charge in [-0.05, 0) is 56.7 Å². The second-order valence-electron chi connectivity index (χ2n) is 8.67. The number of methoxy groups -OCH3 is 1. The van der Waals surface area contributed by atoms with Crippen LogP contribution in [0.1, 0.15) is 39.0 Å². The molecule has 1 aromatic rings. The van der Waals surface area contributed by atoms with Crippen LogP contribution in [0.5, 0.6) is 5.75 Å². The van der Waals surface area contributed by atoms with E-state index < -0.39 is 40.0 Å². The number of rotatable bonds is 7. The lowest BCUT2D eigenvalue weighted by Gasteiger charge is -2.26. The van der Waals surface area contributed by atoms with Crippen molar-refractivity contribution in [2.45, 2.75) is 49.5 Å². The van der Waals surface area contributed by atoms with E-state index in [4.69, 9.17) is 4.74 Å². The molecule has 1 saturated carbocycles. The molecule has 4 rings (SSSR count). The first-order valence-corrected chi connectivity index (χ1v) is 12.2. The molecule has 1 aromatic carbocycles. The Hall–Kier alpha value is -2.66. The minimum absolute atomic E-state index is 0.0480. The van der Waals surface area contributed by atoms with Crippen molar-refractivity contribution in [2.75, 3.05) is 32.1 Å². The van der Waals surface area contributed by atoms with Crippen molar-refractivity contribution in [1.82, 2.24) is 14.5 Å². The largest absolute Gasteiger partial charge is 0.495 e. The lowest BCUT2D eigenvalue weighted by molar-refractivity contribution is -0.134. The highest BCUT2D eigenvalue weighted by atomic mass is 32.2. The van der Waals surface area contributed by atoms with E-state index in [1.807, 2.05) is 0 Å². The molecule has 0 spiro atoms. The average molecular weight is 465 g/mol. The topological polar surface area (TPSA) is 125 Å². The van der Waals surface area contributed by atoms with Crippen molar-refractivity contribution in [3.63, 3.8) is 0 Å². The number of nitrogens with zero attached hydrogens (tertiary/aromatic N) is 2. The van der Waals surface area contributed by atoms with Gasteiger partial charge in [0.05, 0.1) is 17.7 Å². The molecule has 2 N–H and O–H groups in total. The highest BCUT2D eigenvalue weighted by Gasteiger charge is 2.56. The van der Waals surface area contributed by atoms with Crippen molar-refractivity contribution in [3.8, 4) is 5.75 Å². The number of anilines is 1. The monoisotopic (exact) mass is 464 g/mol. The third-order valence-corrected chi connectivity index (χ3v) is 8.29. The zero-order valence-corrected chi connectivity index (χ0v) is 19.0. The summed E-state index contributed by atoms with van der Waals surface area (Å²) in [7, 11) is -2.30. The predicted octanol–water partition coefficient (Wildman–Crippen LogP) is 1.53. The SMILES string of the molecule is COc1ccc(S(=O)(=O)N2CCCCC2)cc1NC(=O)CN1C(=O)N[C@](C)(C2CC2)C1=O. The third-order valence-electron chi connectivity index (χ3n) is 6.39. The first-order valence-electron chi connectivity index (χ1n) is 10.8. The molecule has 32 heavy (non-hydrogen) atoms. The van der Waals surface area contributed by atoms with E-state index in [0.29, 0.717) is 13.1 Å². The Kier molecular flexibility index (Phi) is 5.89. The lowest BCUT2D eigenvalue weighted by atomic mass is 9.96. The van der Waals surface area contributed by atoms with E-state index in [1.165, 1.54) is 29.6 Å². The summed E-state index contributed by atoms with van der Waals surface area (Å²) >= 11 is 0. The molecule has 0 radical (unpaired) electrons. The molecule has 1 atom stereocenters. The second-order valence-corrected chi connectivity index (χ2v) is 10.6. The van der Waals surface area contributed by atoms with Crippen LogP contribution in [0.25, 0.3) is 0 Å². The standard InChI is InChI=1S/C21H28N4O6S/c1-21(14-6-7-14)19(27)25(20(28)23-21)13-18(26)22-16-12-15(8-9-17(16)31-2)32(29,30)24-10-4-3-5-11-24/h8-9,12,14H,3-7,10-11,13H2,1-2H3,(H,22,26)(H,23,28)/t21-/m1/s1. The second kappa shape index (κ2) is 8.36. The molecule has 0 bridgehead atoms. The summed E-state index contributed by atoms with van der Waals surface area (Å²) in [5.74, 6) is -0.687. The van der Waals surface area contributed by atoms with Crippen LogP contribution in [0.2, 0.25) is 0 Å². The van der Waals surface area contributed by atoms with Crippen LogP contribution >= 0.6 is 0 Å². The molecule has 2 heterocycles. The van der Waals surface area contributed by atoms with Crippen LogP contribution in [0, 0.1) is 5.92 Å². The van der Waals surface area contributed by atoms with Gasteiger partial charge < -0.3 is 15.4 Å². The zero-order valence-electron chi connectivity index (χ0n) is 18.2. The molecule has 2 aliphatic heterocycles. The van der Waals surface area contributed by atoms with Crippen LogP contribution in [-0.2, 0) is 19.6 Å². The Labute approximate surface area is 187 Å². The van der Waals surface area contributed by atoms with Gasteiger partial charge in [-0.1, -0.05) is 6.42 Å². The predicted molar refractivity (Wildman–Crippen MR) is 116 cm³/mol. The molecule has 2 saturated heterocycles. The lowest BCUT2D eigenvalue weighted by Crippen LogP contribution is -2.46. The summed E-state index contributed by atoms with van der Waals surface area (Å²) in [5, 5.41) is 5.29. The van der Waals surface area contributed by atoms with Crippen LogP contribution in [0.15, 0.2) is 23.1 Å². The Bertz CT molecular complexity index is 1050. The number of urea groups is 1. The number of ether oxygens (including phenoxy) is 1. The van der Waals surface area contributed by atoms with Crippen molar-refractivity contribution < 1.29 is 27.5 Å². The molecule has 4 amide bonds. The maximum atomic E-state index is 13.0. The van der Waals surface area contributed by atoms with Gasteiger partial charge in [-0.2, -0.15) is 4.31 Å². The van der Waals surface area contributed by atoms with E-state index in [1.54, 1.807) is 6.92 Å². The van der Waals surface area contributed by atoms with E-state index in [0.717, 1.165) is 37.0 Å². The van der Waals surface area contributed by atoms with Gasteiger partial charge in [0.1, 0.15) is 17.8 Å². The summed E-state index contributed by atoms with van der Waals surface area (Å²) in [6, 6.07) is 3.66. The number of carbonyl (C=O) groups excluding carboxylic acids is 3. The van der Waals surface area contributed by atoms with Crippen molar-refractivity contribution in [3.05, 3.63) is 18.2 Å². The van der Waals surface area contributed by atoms with Crippen LogP contribution in [0.4, 0.5) is 10.5 Å². The van der Waals surface area contributed by atoms with Crippen LogP contribution in [0.3, 0.4) is 0 Å². The van der Waals surface area contributed by atoms with Crippen molar-refractivity contribution in [2.24, 2.45) is 5.92 Å². The summed E-state index contributed by atoms with van der Waals surface area (Å²) in [4.78, 5) is 38.7. The molecular formula is C21H28N4O6S. The van der Waals surface area contributed by atoms with Crippen molar-refractivity contribution >= 4 is 33.6 Å². The minimum atomic E-state index is -3.71. The van der Waals surface area contributed by atoms with E-state index in [2.05, 4.69) is 10.6 Å². The maximum Gasteiger partial charge on any atom is 0.325 e. The summed E-state index contributed by atoms with van der Waals surface area (Å²) < 4.78 is 32.7. The normalized spacial score (nSPS) is 24.4. The van der Waals surface area contributed by atoms with E-state index in [9.17, 15) is 22.8 Å². The molecule has 1 aliphatic carbocycles. The van der Waals surface area contributed by atoms with Gasteiger partial charge in [-0.3, -0.25) is 14.5 Å². The van der Waals surface area contributed by atoms with Gasteiger partial charge in [0.2, 0.25) is 15.9 Å². The average Bonchev–Trinajstić information content (AvgIpc) is 3.60. The van der Waals surface area contributed by atoms with Gasteiger partial charge in [0.25, 0.3) is 5.91 Å². The zero-order chi connectivity index (χ0) is 23.1. The highest BCUT2D eigenvalue weighted by molar-refractivity contribution is 7.89.